The highest BCUT2D eigenvalue weighted by Crippen LogP contribution is 2.58. The van der Waals surface area contributed by atoms with Crippen molar-refractivity contribution < 1.29 is 38.3 Å². The van der Waals surface area contributed by atoms with Gasteiger partial charge in [-0.3, -0.25) is 29.4 Å². The third-order valence-electron chi connectivity index (χ3n) is 8.72. The van der Waals surface area contributed by atoms with Crippen LogP contribution < -0.4 is 9.64 Å². The number of nitro benzene ring substituents is 1. The van der Waals surface area contributed by atoms with Gasteiger partial charge in [0.1, 0.15) is 23.4 Å². The first kappa shape index (κ1) is 33.3. The Balaban J connectivity index is 1.15. The molecule has 3 unspecified atom stereocenters. The van der Waals surface area contributed by atoms with Crippen LogP contribution >= 0.6 is 27.7 Å². The molecule has 3 atom stereocenters. The molecule has 0 aromatic heterocycles. The summed E-state index contributed by atoms with van der Waals surface area (Å²) in [7, 11) is 0. The molecular weight excluding hydrogens is 730 g/mol. The molecule has 3 aliphatic heterocycles. The van der Waals surface area contributed by atoms with Crippen LogP contribution in [0.2, 0.25) is 0 Å². The van der Waals surface area contributed by atoms with Crippen molar-refractivity contribution in [3.8, 4) is 5.75 Å². The monoisotopic (exact) mass is 757 g/mol. The molecule has 7 rings (SSSR count). The fourth-order valence-corrected chi connectivity index (χ4v) is 8.55. The average Bonchev–Trinajstić information content (AvgIpc) is 3.46. The van der Waals surface area contributed by atoms with E-state index in [1.165, 1.54) is 53.3 Å². The Labute approximate surface area is 298 Å². The third-order valence-corrected chi connectivity index (χ3v) is 11.4. The lowest BCUT2D eigenvalue weighted by molar-refractivity contribution is -0.384. The molecule has 254 valence electrons. The highest BCUT2D eigenvalue weighted by molar-refractivity contribution is 9.10. The number of amides is 1. The number of hydrogen-bond acceptors (Lipinski definition) is 11. The molecule has 0 N–H and O–H groups in total. The third kappa shape index (κ3) is 5.98. The highest BCUT2D eigenvalue weighted by Gasteiger charge is 2.69. The summed E-state index contributed by atoms with van der Waals surface area (Å²) in [6.45, 7) is 1.83. The predicted molar refractivity (Wildman–Crippen MR) is 186 cm³/mol. The fourth-order valence-electron chi connectivity index (χ4n) is 6.25. The fraction of sp³-hybridized carbons (Fsp3) is 0.222. The first-order valence-electron chi connectivity index (χ1n) is 15.5. The van der Waals surface area contributed by atoms with E-state index in [0.717, 1.165) is 5.56 Å². The number of rotatable bonds is 9. The molecule has 3 aromatic carbocycles. The number of Topliss-reactive ketones (excluding diaryl/α,β-unsaturated/α-hetero) is 1. The van der Waals surface area contributed by atoms with Gasteiger partial charge in [-0.25, -0.2) is 4.79 Å². The number of alkyl halides is 1. The van der Waals surface area contributed by atoms with E-state index >= 15 is 0 Å². The lowest BCUT2D eigenvalue weighted by atomic mass is 9.86. The molecule has 0 bridgehead atoms. The van der Waals surface area contributed by atoms with E-state index in [9.17, 15) is 29.3 Å². The Hall–Kier alpha value is -5.21. The summed E-state index contributed by atoms with van der Waals surface area (Å²) in [4.78, 5) is 66.4. The molecule has 4 aliphatic rings. The zero-order chi connectivity index (χ0) is 35.2. The summed E-state index contributed by atoms with van der Waals surface area (Å²) in [5, 5.41) is 11.8. The van der Waals surface area contributed by atoms with Crippen molar-refractivity contribution in [2.24, 2.45) is 0 Å². The number of carbonyl (C=O) groups is 4. The molecule has 0 spiro atoms. The number of allylic oxidation sites excluding steroid dienone is 2. The second-order valence-corrected chi connectivity index (χ2v) is 14.2. The van der Waals surface area contributed by atoms with Crippen LogP contribution in [0.1, 0.15) is 36.1 Å². The van der Waals surface area contributed by atoms with Crippen molar-refractivity contribution >= 4 is 62.7 Å². The van der Waals surface area contributed by atoms with E-state index in [-0.39, 0.29) is 36.7 Å². The topological polar surface area (TPSA) is 146 Å². The number of halogens is 1. The summed E-state index contributed by atoms with van der Waals surface area (Å²) >= 11 is 4.85. The van der Waals surface area contributed by atoms with Crippen molar-refractivity contribution in [3.05, 3.63) is 134 Å². The van der Waals surface area contributed by atoms with Crippen LogP contribution in [-0.2, 0) is 41.8 Å². The molecular formula is C36H28BrN3O9S. The number of benzene rings is 3. The van der Waals surface area contributed by atoms with Crippen molar-refractivity contribution in [3.63, 3.8) is 0 Å². The first-order valence-corrected chi connectivity index (χ1v) is 17.3. The molecule has 3 aromatic rings. The maximum absolute atomic E-state index is 14.0. The van der Waals surface area contributed by atoms with Gasteiger partial charge in [-0.15, -0.1) is 11.8 Å². The van der Waals surface area contributed by atoms with Crippen molar-refractivity contribution in [1.29, 1.82) is 0 Å². The van der Waals surface area contributed by atoms with Crippen molar-refractivity contribution in [2.75, 3.05) is 11.4 Å². The number of nitrogens with zero attached hydrogens (tertiary/aromatic N) is 3. The van der Waals surface area contributed by atoms with Gasteiger partial charge < -0.3 is 19.1 Å². The van der Waals surface area contributed by atoms with Gasteiger partial charge in [-0.1, -0.05) is 58.4 Å². The zero-order valence-corrected chi connectivity index (χ0v) is 28.8. The van der Waals surface area contributed by atoms with Gasteiger partial charge in [0.05, 0.1) is 22.7 Å². The molecule has 1 saturated heterocycles. The van der Waals surface area contributed by atoms with E-state index in [0.29, 0.717) is 40.4 Å². The van der Waals surface area contributed by atoms with Gasteiger partial charge in [-0.05, 0) is 47.0 Å². The number of nitro groups is 1. The van der Waals surface area contributed by atoms with Crippen LogP contribution in [0.4, 0.5) is 11.4 Å². The van der Waals surface area contributed by atoms with E-state index in [4.69, 9.17) is 14.2 Å². The molecule has 12 nitrogen and oxygen atoms in total. The number of ether oxygens (including phenoxy) is 3. The number of hydrogen-bond donors (Lipinski definition) is 0. The molecule has 1 fully saturated rings. The Kier molecular flexibility index (Phi) is 8.82. The number of ketones is 1. The Morgan fingerprint density at radius 2 is 1.86 bits per heavy atom. The summed E-state index contributed by atoms with van der Waals surface area (Å²) in [6.07, 6.45) is 2.74. The van der Waals surface area contributed by atoms with Gasteiger partial charge in [0.25, 0.3) is 11.6 Å². The standard InChI is InChI=1S/C36H28BrN3O9S/c1-21(41)48-32(36(37)34(44)39-28(20-50-35(36)39)33(43)47-19-23-10-13-25(14-11-23)40(45)46)24-12-15-31-27(16-24)38(17-22-6-3-2-4-7-22)18-26-29(42)8-5-9-30(26)49-31/h2-7,9-16,20,32,35H,8,17-19H2,1H3. The smallest absolute Gasteiger partial charge is 0.355 e. The SMILES string of the molecule is CC(=O)OC(c1ccc2c(c1)N(Cc1ccccc1)CC1=C(C=CCC1=O)O2)C1(Br)C(=O)N2C(C(=O)OCc3ccc([N+](=O)[O-])cc3)=CSC21. The van der Waals surface area contributed by atoms with Crippen LogP contribution in [0.3, 0.4) is 0 Å². The van der Waals surface area contributed by atoms with Gasteiger partial charge in [0, 0.05) is 37.4 Å². The number of anilines is 1. The Morgan fingerprint density at radius 3 is 2.58 bits per heavy atom. The second-order valence-electron chi connectivity index (χ2n) is 12.0. The average molecular weight is 759 g/mol. The highest BCUT2D eigenvalue weighted by atomic mass is 79.9. The molecule has 1 amide bonds. The lowest BCUT2D eigenvalue weighted by Gasteiger charge is -2.51. The number of fused-ring (bicyclic) bond motifs is 2. The minimum Gasteiger partial charge on any atom is -0.456 e. The van der Waals surface area contributed by atoms with Crippen molar-refractivity contribution in [2.45, 2.75) is 42.3 Å². The summed E-state index contributed by atoms with van der Waals surface area (Å²) in [6, 6.07) is 20.6. The van der Waals surface area contributed by atoms with Gasteiger partial charge in [0.2, 0.25) is 0 Å². The predicted octanol–water partition coefficient (Wildman–Crippen LogP) is 6.01. The first-order chi connectivity index (χ1) is 24.0. The van der Waals surface area contributed by atoms with Gasteiger partial charge in [-0.2, -0.15) is 0 Å². The summed E-state index contributed by atoms with van der Waals surface area (Å²) in [5.74, 6) is -0.916. The molecule has 0 saturated carbocycles. The van der Waals surface area contributed by atoms with Crippen LogP contribution in [0.5, 0.6) is 5.75 Å². The summed E-state index contributed by atoms with van der Waals surface area (Å²) < 4.78 is 16.1. The minimum atomic E-state index is -1.44. The quantitative estimate of drug-likeness (QED) is 0.0831. The number of thioether (sulfide) groups is 1. The van der Waals surface area contributed by atoms with Crippen LogP contribution in [-0.4, -0.2) is 49.7 Å². The van der Waals surface area contributed by atoms with E-state index in [1.807, 2.05) is 41.3 Å². The van der Waals surface area contributed by atoms with E-state index in [2.05, 4.69) is 15.9 Å². The maximum atomic E-state index is 14.0. The molecule has 0 radical (unpaired) electrons. The molecule has 14 heteroatoms. The number of esters is 2. The Bertz CT molecular complexity index is 2030. The van der Waals surface area contributed by atoms with Crippen LogP contribution in [0, 0.1) is 10.1 Å². The number of β-lactam (4-membered cyclic amide) rings is 1. The zero-order valence-electron chi connectivity index (χ0n) is 26.4. The molecule has 1 aliphatic carbocycles. The second kappa shape index (κ2) is 13.2. The largest absolute Gasteiger partial charge is 0.456 e. The van der Waals surface area contributed by atoms with Gasteiger partial charge in [0.15, 0.2) is 22.0 Å². The van der Waals surface area contributed by atoms with Crippen molar-refractivity contribution in [1.82, 2.24) is 4.90 Å². The number of carbonyl (C=O) groups excluding carboxylic acids is 4. The van der Waals surface area contributed by atoms with E-state index in [1.54, 1.807) is 24.3 Å². The maximum Gasteiger partial charge on any atom is 0.355 e. The van der Waals surface area contributed by atoms with Gasteiger partial charge >= 0.3 is 11.9 Å². The van der Waals surface area contributed by atoms with Crippen LogP contribution in [0.25, 0.3) is 0 Å². The van der Waals surface area contributed by atoms with Crippen LogP contribution in [0.15, 0.2) is 107 Å². The normalized spacial score (nSPS) is 21.2. The minimum absolute atomic E-state index is 0.0289. The number of non-ortho nitro benzene ring substituents is 1. The van der Waals surface area contributed by atoms with E-state index < -0.39 is 38.6 Å². The summed E-state index contributed by atoms with van der Waals surface area (Å²) in [5.41, 5.74) is 3.19. The molecule has 50 heavy (non-hydrogen) atoms. The lowest BCUT2D eigenvalue weighted by Crippen LogP contribution is -2.70. The Morgan fingerprint density at radius 1 is 1.10 bits per heavy atom. The molecule has 3 heterocycles.